The van der Waals surface area contributed by atoms with Crippen LogP contribution >= 0.6 is 46.4 Å². The summed E-state index contributed by atoms with van der Waals surface area (Å²) in [5.74, 6) is -4.44. The first-order valence-corrected chi connectivity index (χ1v) is 46.3. The lowest BCUT2D eigenvalue weighted by Crippen LogP contribution is -2.50. The van der Waals surface area contributed by atoms with Crippen LogP contribution in [0.1, 0.15) is 144 Å². The van der Waals surface area contributed by atoms with Crippen LogP contribution in [-0.4, -0.2) is 240 Å². The van der Waals surface area contributed by atoms with Crippen molar-refractivity contribution in [3.8, 4) is 0 Å². The maximum Gasteiger partial charge on any atom is 0.408 e. The second-order valence-corrected chi connectivity index (χ2v) is 32.7. The fourth-order valence-corrected chi connectivity index (χ4v) is 14.4. The van der Waals surface area contributed by atoms with Crippen LogP contribution < -0.4 is 92.1 Å². The van der Waals surface area contributed by atoms with Crippen molar-refractivity contribution in [2.24, 2.45) is 22.9 Å². The van der Waals surface area contributed by atoms with Gasteiger partial charge in [-0.3, -0.25) is 48.1 Å². The van der Waals surface area contributed by atoms with Crippen LogP contribution in [0, 0.1) is 0 Å². The second kappa shape index (κ2) is 64.6. The molecule has 0 saturated heterocycles. The number of H-pyrrole nitrogens is 1. The smallest absolute Gasteiger partial charge is 0.408 e. The number of carbonyl (C=O) groups excluding carboxylic acids is 13. The number of halogens is 4. The summed E-state index contributed by atoms with van der Waals surface area (Å²) in [4.78, 5) is 185. The number of hydrogen-bond acceptors (Lipinski definition) is 23. The lowest BCUT2D eigenvalue weighted by molar-refractivity contribution is -0.129. The molecule has 0 radical (unpaired) electrons. The standard InChI is InChI=1S/C91H130Cl4N20O17/c92-69-25-6-1-21-64(69)59-129-88(125)110-74(30-11-15-40-96)83(120)105-49-45-100-79(116)36-54-114(55-37-80(117)101-46-50-106-84(121)75(31-12-16-41-97)111-89(126)130-60-65-22-2-7-26-70(65)93)53-19-34-78(87(124)104-44-35-68-58-63-20-5-10-29-73(63)109-68)115(56-38-81(118)102-47-51-107-85(122)76(32-13-17-42-98)112-90(127)131-61-66-23-3-8-27-71(66)94)57-39-82(119)103-48-52-108-86(123)77(33-14-18-43-99)113-91(128)132-62-67-24-4-9-28-72(67)95/h1-10,20-29,58,74-78,109H,11-19,30-57,59-62,96-99H2,(H,100,116)(H,101,117)(H,102,118)(H,103,119)(H,104,124)(H,105,120)(H,106,121)(H,107,122)(H,108,123)(H,110,125)(H,111,126)(H,112,127)(H,113,128)/t74-,75-,76-,77-,78-/m0/s1. The Labute approximate surface area is 790 Å². The highest BCUT2D eigenvalue weighted by Gasteiger charge is 2.30. The van der Waals surface area contributed by atoms with Gasteiger partial charge in [-0.05, 0) is 164 Å². The summed E-state index contributed by atoms with van der Waals surface area (Å²) >= 11 is 25.1. The normalized spacial score (nSPS) is 12.2. The van der Waals surface area contributed by atoms with E-state index in [0.717, 1.165) is 16.6 Å². The predicted octanol–water partition coefficient (Wildman–Crippen LogP) is 6.38. The molecule has 0 saturated carbocycles. The number of aromatic amines is 1. The highest BCUT2D eigenvalue weighted by molar-refractivity contribution is 6.32. The number of alkyl carbamates (subject to hydrolysis) is 4. The Morgan fingerprint density at radius 1 is 0.318 bits per heavy atom. The Hall–Kier alpha value is -11.1. The molecule has 0 aliphatic rings. The zero-order chi connectivity index (χ0) is 95.5. The van der Waals surface area contributed by atoms with E-state index in [1.54, 1.807) is 102 Å². The second-order valence-electron chi connectivity index (χ2n) is 31.1. The molecule has 6 rings (SSSR count). The molecule has 132 heavy (non-hydrogen) atoms. The first-order valence-electron chi connectivity index (χ1n) is 44.8. The number of hydrogen-bond donors (Lipinski definition) is 18. The summed E-state index contributed by atoms with van der Waals surface area (Å²) in [6.45, 7) is 0.713. The van der Waals surface area contributed by atoms with Crippen LogP contribution in [0.2, 0.25) is 20.1 Å². The van der Waals surface area contributed by atoms with Crippen LogP contribution in [-0.2, 0) is 94.9 Å². The summed E-state index contributed by atoms with van der Waals surface area (Å²) < 4.78 is 21.6. The highest BCUT2D eigenvalue weighted by Crippen LogP contribution is 2.22. The molecule has 41 heteroatoms. The Morgan fingerprint density at radius 2 is 0.606 bits per heavy atom. The predicted molar refractivity (Wildman–Crippen MR) is 504 cm³/mol. The van der Waals surface area contributed by atoms with Gasteiger partial charge in [0.1, 0.15) is 50.6 Å². The molecule has 0 aliphatic heterocycles. The Kier molecular flexibility index (Phi) is 53.7. The van der Waals surface area contributed by atoms with E-state index >= 15 is 4.79 Å². The van der Waals surface area contributed by atoms with Crippen LogP contribution in [0.25, 0.3) is 10.9 Å². The molecule has 5 atom stereocenters. The number of nitrogens with zero attached hydrogens (tertiary/aromatic N) is 2. The third kappa shape index (κ3) is 44.9. The average molecular weight is 1920 g/mol. The summed E-state index contributed by atoms with van der Waals surface area (Å²) in [5.41, 5.74) is 27.0. The van der Waals surface area contributed by atoms with Crippen LogP contribution in [0.5, 0.6) is 0 Å². The SMILES string of the molecule is NCCCC[C@H](NC(=O)OCc1ccccc1Cl)C(=O)NCCNC(=O)CCN(CCC[C@@H](C(=O)NCCc1cc2ccccc2[nH]1)N(CCC(=O)NCCNC(=O)[C@H](CCCCN)NC(=O)OCc1ccccc1Cl)CCC(=O)NCCNC(=O)[C@H](CCCCN)NC(=O)OCc1ccccc1Cl)CCC(=O)NCCNC(=O)[C@H](CCCCN)NC(=O)OCc1ccccc1Cl. The van der Waals surface area contributed by atoms with Crippen molar-refractivity contribution >= 4 is 135 Å². The molecule has 0 bridgehead atoms. The molecule has 1 heterocycles. The van der Waals surface area contributed by atoms with E-state index in [1.807, 2.05) is 35.2 Å². The van der Waals surface area contributed by atoms with Gasteiger partial charge in [0.05, 0.1) is 6.04 Å². The Bertz CT molecular complexity index is 4320. The number of fused-ring (bicyclic) bond motifs is 1. The summed E-state index contributed by atoms with van der Waals surface area (Å²) in [6, 6.07) is 31.9. The van der Waals surface area contributed by atoms with Crippen molar-refractivity contribution in [1.82, 2.24) is 83.9 Å². The van der Waals surface area contributed by atoms with Gasteiger partial charge >= 0.3 is 24.4 Å². The molecule has 1 aromatic heterocycles. The van der Waals surface area contributed by atoms with E-state index in [2.05, 4.69) is 74.1 Å². The fourth-order valence-electron chi connectivity index (χ4n) is 13.7. The molecule has 13 amide bonds. The van der Waals surface area contributed by atoms with Gasteiger partial charge < -0.3 is 121 Å². The monoisotopic (exact) mass is 1910 g/mol. The maximum atomic E-state index is 15.2. The first kappa shape index (κ1) is 110. The highest BCUT2D eigenvalue weighted by atomic mass is 35.5. The van der Waals surface area contributed by atoms with Gasteiger partial charge in [-0.15, -0.1) is 0 Å². The summed E-state index contributed by atoms with van der Waals surface area (Å²) in [6.07, 6.45) is 1.81. The number of nitrogens with one attached hydrogen (secondary N) is 14. The van der Waals surface area contributed by atoms with E-state index in [4.69, 9.17) is 88.3 Å². The van der Waals surface area contributed by atoms with E-state index in [9.17, 15) is 57.5 Å². The number of nitrogens with two attached hydrogens (primary N) is 4. The molecule has 0 unspecified atom stereocenters. The van der Waals surface area contributed by atoms with Crippen molar-refractivity contribution in [2.45, 2.75) is 179 Å². The lowest BCUT2D eigenvalue weighted by Gasteiger charge is -2.31. The van der Waals surface area contributed by atoms with Gasteiger partial charge in [-0.25, -0.2) is 19.2 Å². The molecular formula is C91H130Cl4N20O17. The minimum absolute atomic E-state index is 0.0224. The Balaban J connectivity index is 1.20. The minimum Gasteiger partial charge on any atom is -0.445 e. The third-order valence-electron chi connectivity index (χ3n) is 21.0. The number of carbonyl (C=O) groups is 13. The topological polar surface area (TPSA) is 542 Å². The van der Waals surface area contributed by atoms with Crippen molar-refractivity contribution in [1.29, 1.82) is 0 Å². The van der Waals surface area contributed by atoms with E-state index < -0.39 is 108 Å². The van der Waals surface area contributed by atoms with Crippen molar-refractivity contribution in [3.63, 3.8) is 0 Å². The van der Waals surface area contributed by atoms with E-state index in [1.165, 1.54) is 0 Å². The van der Waals surface area contributed by atoms with Crippen molar-refractivity contribution < 1.29 is 81.3 Å². The number of benzene rings is 5. The average Bonchev–Trinajstić information content (AvgIpc) is 1.69. The molecule has 724 valence electrons. The van der Waals surface area contributed by atoms with Crippen LogP contribution in [0.3, 0.4) is 0 Å². The van der Waals surface area contributed by atoms with Crippen molar-refractivity contribution in [3.05, 3.63) is 175 Å². The lowest BCUT2D eigenvalue weighted by atomic mass is 10.1. The molecule has 22 N–H and O–H groups in total. The van der Waals surface area contributed by atoms with E-state index in [0.29, 0.717) is 126 Å². The van der Waals surface area contributed by atoms with Gasteiger partial charge in [-0.1, -0.05) is 137 Å². The maximum absolute atomic E-state index is 15.2. The number of rotatable bonds is 65. The molecule has 0 spiro atoms. The third-order valence-corrected chi connectivity index (χ3v) is 22.5. The largest absolute Gasteiger partial charge is 0.445 e. The molecule has 6 aromatic rings. The number of ether oxygens (including phenoxy) is 4. The fraction of sp³-hybridized carbons (Fsp3) is 0.505. The molecule has 0 fully saturated rings. The molecule has 37 nitrogen and oxygen atoms in total. The zero-order valence-corrected chi connectivity index (χ0v) is 77.7. The van der Waals surface area contributed by atoms with Gasteiger partial charge in [0.2, 0.25) is 53.2 Å². The van der Waals surface area contributed by atoms with Gasteiger partial charge in [0.15, 0.2) is 0 Å². The van der Waals surface area contributed by atoms with Crippen LogP contribution in [0.15, 0.2) is 127 Å². The van der Waals surface area contributed by atoms with Crippen molar-refractivity contribution in [2.75, 3.05) is 118 Å². The van der Waals surface area contributed by atoms with Gasteiger partial charge in [0, 0.05) is 171 Å². The van der Waals surface area contributed by atoms with Gasteiger partial charge in [-0.2, -0.15) is 0 Å². The Morgan fingerprint density at radius 3 is 0.917 bits per heavy atom. The first-order chi connectivity index (χ1) is 63.9. The number of para-hydroxylation sites is 1. The molecule has 0 aliphatic carbocycles. The zero-order valence-electron chi connectivity index (χ0n) is 74.7. The van der Waals surface area contributed by atoms with Gasteiger partial charge in [0.25, 0.3) is 0 Å². The quantitative estimate of drug-likeness (QED) is 0.0145. The number of unbranched alkanes of at least 4 members (excludes halogenated alkanes) is 4. The number of amides is 13. The molecular weight excluding hydrogens is 1790 g/mol. The molecule has 5 aromatic carbocycles. The number of aromatic nitrogens is 1. The van der Waals surface area contributed by atoms with E-state index in [-0.39, 0.29) is 182 Å². The summed E-state index contributed by atoms with van der Waals surface area (Å²) in [5, 5.41) is 38.5. The summed E-state index contributed by atoms with van der Waals surface area (Å²) in [7, 11) is 0. The van der Waals surface area contributed by atoms with Crippen LogP contribution in [0.4, 0.5) is 19.2 Å². The minimum atomic E-state index is -1.05.